The number of carboxylic acids is 1. The average Bonchev–Trinajstić information content (AvgIpc) is 2.55. The van der Waals surface area contributed by atoms with Crippen LogP contribution in [0.1, 0.15) is 6.42 Å². The van der Waals surface area contributed by atoms with Gasteiger partial charge < -0.3 is 19.8 Å². The molecule has 0 aromatic rings. The maximum absolute atomic E-state index is 11.5. The van der Waals surface area contributed by atoms with Crippen LogP contribution >= 0.6 is 0 Å². The summed E-state index contributed by atoms with van der Waals surface area (Å²) in [6.07, 6.45) is 0.212. The predicted octanol–water partition coefficient (Wildman–Crippen LogP) is -1.07. The Bertz CT molecular complexity index is 255. The quantitative estimate of drug-likeness (QED) is 0.612. The van der Waals surface area contributed by atoms with E-state index in [0.29, 0.717) is 0 Å². The zero-order valence-corrected chi connectivity index (χ0v) is 8.55. The van der Waals surface area contributed by atoms with Crippen LogP contribution in [-0.4, -0.2) is 59.9 Å². The number of aliphatic hydroxyl groups excluding tert-OH is 1. The van der Waals surface area contributed by atoms with Gasteiger partial charge in [-0.15, -0.1) is 0 Å². The van der Waals surface area contributed by atoms with Gasteiger partial charge in [-0.1, -0.05) is 0 Å². The molecule has 2 N–H and O–H groups in total. The third kappa shape index (κ3) is 2.66. The number of aliphatic carboxylic acids is 1. The number of amides is 1. The van der Waals surface area contributed by atoms with Gasteiger partial charge in [0, 0.05) is 32.6 Å². The summed E-state index contributed by atoms with van der Waals surface area (Å²) in [6, 6.07) is -0.945. The Balaban J connectivity index is 2.68. The van der Waals surface area contributed by atoms with Gasteiger partial charge in [-0.25, -0.2) is 4.79 Å². The Hall–Kier alpha value is -1.14. The van der Waals surface area contributed by atoms with E-state index in [-0.39, 0.29) is 38.0 Å². The first-order valence-corrected chi connectivity index (χ1v) is 4.72. The fourth-order valence-corrected chi connectivity index (χ4v) is 1.68. The molecular formula is C9H15NO5. The molecule has 0 aromatic heterocycles. The Morgan fingerprint density at radius 1 is 1.73 bits per heavy atom. The molecule has 0 aromatic carbocycles. The van der Waals surface area contributed by atoms with Crippen LogP contribution in [0.3, 0.4) is 0 Å². The van der Waals surface area contributed by atoms with Crippen LogP contribution in [0.5, 0.6) is 0 Å². The molecule has 2 atom stereocenters. The standard InChI is InChI=1S/C9H15NO5/c1-15-5-7(9(13)14)10-3-6(4-11)2-8(10)12/h6-7,11H,2-5H2,1H3,(H,13,14)/t6?,7-/m0/s1. The number of rotatable bonds is 5. The molecule has 1 saturated heterocycles. The second-order valence-electron chi connectivity index (χ2n) is 3.61. The summed E-state index contributed by atoms with van der Waals surface area (Å²) >= 11 is 0. The first-order valence-electron chi connectivity index (χ1n) is 4.72. The van der Waals surface area contributed by atoms with Crippen molar-refractivity contribution in [2.24, 2.45) is 5.92 Å². The summed E-state index contributed by atoms with van der Waals surface area (Å²) in [5.74, 6) is -1.47. The Morgan fingerprint density at radius 3 is 2.80 bits per heavy atom. The average molecular weight is 217 g/mol. The highest BCUT2D eigenvalue weighted by atomic mass is 16.5. The zero-order chi connectivity index (χ0) is 11.4. The van der Waals surface area contributed by atoms with E-state index in [1.54, 1.807) is 0 Å². The van der Waals surface area contributed by atoms with Crippen LogP contribution in [0.4, 0.5) is 0 Å². The highest BCUT2D eigenvalue weighted by Crippen LogP contribution is 2.19. The molecule has 1 aliphatic rings. The minimum absolute atomic E-state index is 0.0285. The maximum Gasteiger partial charge on any atom is 0.328 e. The van der Waals surface area contributed by atoms with Crippen LogP contribution in [0.25, 0.3) is 0 Å². The van der Waals surface area contributed by atoms with Crippen molar-refractivity contribution >= 4 is 11.9 Å². The summed E-state index contributed by atoms with van der Waals surface area (Å²) < 4.78 is 4.76. The number of hydrogen-bond donors (Lipinski definition) is 2. The third-order valence-electron chi connectivity index (χ3n) is 2.48. The molecule has 1 fully saturated rings. The van der Waals surface area contributed by atoms with Crippen molar-refractivity contribution < 1.29 is 24.5 Å². The molecule has 1 rings (SSSR count). The van der Waals surface area contributed by atoms with Gasteiger partial charge in [0.2, 0.25) is 5.91 Å². The van der Waals surface area contributed by atoms with E-state index in [1.165, 1.54) is 12.0 Å². The van der Waals surface area contributed by atoms with Gasteiger partial charge in [-0.05, 0) is 0 Å². The smallest absolute Gasteiger partial charge is 0.328 e. The van der Waals surface area contributed by atoms with Gasteiger partial charge in [-0.2, -0.15) is 0 Å². The molecule has 0 spiro atoms. The molecule has 0 radical (unpaired) electrons. The van der Waals surface area contributed by atoms with Crippen molar-refractivity contribution in [2.75, 3.05) is 26.9 Å². The summed E-state index contributed by atoms with van der Waals surface area (Å²) in [7, 11) is 1.39. The zero-order valence-electron chi connectivity index (χ0n) is 8.55. The van der Waals surface area contributed by atoms with Gasteiger partial charge in [0.25, 0.3) is 0 Å². The molecule has 1 heterocycles. The van der Waals surface area contributed by atoms with Crippen molar-refractivity contribution in [2.45, 2.75) is 12.5 Å². The number of carbonyl (C=O) groups is 2. The number of likely N-dealkylation sites (tertiary alicyclic amines) is 1. The molecule has 1 aliphatic heterocycles. The third-order valence-corrected chi connectivity index (χ3v) is 2.48. The van der Waals surface area contributed by atoms with Crippen LogP contribution in [0.15, 0.2) is 0 Å². The first kappa shape index (κ1) is 11.9. The maximum atomic E-state index is 11.5. The minimum atomic E-state index is -1.08. The van der Waals surface area contributed by atoms with Gasteiger partial charge in [0.05, 0.1) is 6.61 Å². The van der Waals surface area contributed by atoms with Gasteiger partial charge in [0.15, 0.2) is 6.04 Å². The predicted molar refractivity (Wildman–Crippen MR) is 50.2 cm³/mol. The highest BCUT2D eigenvalue weighted by Gasteiger charge is 2.37. The summed E-state index contributed by atoms with van der Waals surface area (Å²) in [4.78, 5) is 23.6. The Morgan fingerprint density at radius 2 is 2.40 bits per heavy atom. The topological polar surface area (TPSA) is 87.1 Å². The van der Waals surface area contributed by atoms with Crippen molar-refractivity contribution in [1.29, 1.82) is 0 Å². The monoisotopic (exact) mass is 217 g/mol. The lowest BCUT2D eigenvalue weighted by Crippen LogP contribution is -2.45. The van der Waals surface area contributed by atoms with E-state index in [9.17, 15) is 9.59 Å². The number of nitrogens with zero attached hydrogens (tertiary/aromatic N) is 1. The Labute approximate surface area is 87.4 Å². The second-order valence-corrected chi connectivity index (χ2v) is 3.61. The lowest BCUT2D eigenvalue weighted by molar-refractivity contribution is -0.150. The van der Waals surface area contributed by atoms with E-state index in [0.717, 1.165) is 0 Å². The number of carbonyl (C=O) groups excluding carboxylic acids is 1. The number of methoxy groups -OCH3 is 1. The highest BCUT2D eigenvalue weighted by molar-refractivity contribution is 5.85. The van der Waals surface area contributed by atoms with E-state index in [1.807, 2.05) is 0 Å². The van der Waals surface area contributed by atoms with Crippen LogP contribution < -0.4 is 0 Å². The second kappa shape index (κ2) is 5.09. The molecule has 0 saturated carbocycles. The molecule has 0 aliphatic carbocycles. The van der Waals surface area contributed by atoms with Crippen molar-refractivity contribution in [3.63, 3.8) is 0 Å². The van der Waals surface area contributed by atoms with Crippen LogP contribution in [0.2, 0.25) is 0 Å². The lowest BCUT2D eigenvalue weighted by Gasteiger charge is -2.23. The molecule has 0 bridgehead atoms. The first-order chi connectivity index (χ1) is 7.10. The fraction of sp³-hybridized carbons (Fsp3) is 0.778. The van der Waals surface area contributed by atoms with Gasteiger partial charge >= 0.3 is 5.97 Å². The molecule has 86 valence electrons. The van der Waals surface area contributed by atoms with Crippen molar-refractivity contribution in [3.8, 4) is 0 Å². The molecule has 1 unspecified atom stereocenters. The van der Waals surface area contributed by atoms with Crippen LogP contribution in [0, 0.1) is 5.92 Å². The molecule has 6 nitrogen and oxygen atoms in total. The van der Waals surface area contributed by atoms with Crippen LogP contribution in [-0.2, 0) is 14.3 Å². The molecule has 15 heavy (non-hydrogen) atoms. The van der Waals surface area contributed by atoms with Crippen molar-refractivity contribution in [3.05, 3.63) is 0 Å². The fourth-order valence-electron chi connectivity index (χ4n) is 1.68. The Kier molecular flexibility index (Phi) is 4.05. The number of hydrogen-bond acceptors (Lipinski definition) is 4. The van der Waals surface area contributed by atoms with Gasteiger partial charge in [0.1, 0.15) is 0 Å². The molecule has 1 amide bonds. The van der Waals surface area contributed by atoms with Gasteiger partial charge in [-0.3, -0.25) is 4.79 Å². The normalized spacial score (nSPS) is 23.2. The molecule has 6 heteroatoms. The number of ether oxygens (including phenoxy) is 1. The van der Waals surface area contributed by atoms with Crippen molar-refractivity contribution in [1.82, 2.24) is 4.90 Å². The lowest BCUT2D eigenvalue weighted by atomic mass is 10.1. The molecular weight excluding hydrogens is 202 g/mol. The van der Waals surface area contributed by atoms with E-state index < -0.39 is 12.0 Å². The number of carboxylic acid groups (broad SMARTS) is 1. The largest absolute Gasteiger partial charge is 0.480 e. The number of aliphatic hydroxyl groups is 1. The minimum Gasteiger partial charge on any atom is -0.480 e. The summed E-state index contributed by atoms with van der Waals surface area (Å²) in [5, 5.41) is 17.8. The van der Waals surface area contributed by atoms with E-state index in [4.69, 9.17) is 14.9 Å². The summed E-state index contributed by atoms with van der Waals surface area (Å²) in [6.45, 7) is 0.163. The summed E-state index contributed by atoms with van der Waals surface area (Å²) in [5.41, 5.74) is 0. The van der Waals surface area contributed by atoms with E-state index >= 15 is 0 Å². The SMILES string of the molecule is COC[C@@H](C(=O)O)N1CC(CO)CC1=O. The van der Waals surface area contributed by atoms with E-state index in [2.05, 4.69) is 0 Å².